The van der Waals surface area contributed by atoms with Crippen molar-refractivity contribution in [2.45, 2.75) is 39.0 Å². The maximum absolute atomic E-state index is 12.4. The van der Waals surface area contributed by atoms with E-state index in [9.17, 15) is 4.79 Å². The predicted molar refractivity (Wildman–Crippen MR) is 92.2 cm³/mol. The predicted octanol–water partition coefficient (Wildman–Crippen LogP) is 4.14. The van der Waals surface area contributed by atoms with E-state index >= 15 is 0 Å². The van der Waals surface area contributed by atoms with Crippen molar-refractivity contribution >= 4 is 17.5 Å². The fraction of sp³-hybridized carbons (Fsp3) is 0.444. The van der Waals surface area contributed by atoms with Gasteiger partial charge >= 0.3 is 0 Å². The van der Waals surface area contributed by atoms with Gasteiger partial charge in [-0.05, 0) is 49.9 Å². The molecule has 2 aromatic rings. The summed E-state index contributed by atoms with van der Waals surface area (Å²) in [4.78, 5) is 12.4. The molecule has 1 saturated carbocycles. The molecular weight excluding hydrogens is 310 g/mol. The minimum absolute atomic E-state index is 0.0340. The second kappa shape index (κ2) is 7.18. The molecule has 1 N–H and O–H groups in total. The molecule has 0 atom stereocenters. The van der Waals surface area contributed by atoms with Crippen LogP contribution in [0.5, 0.6) is 0 Å². The van der Waals surface area contributed by atoms with E-state index in [1.165, 1.54) is 32.1 Å². The molecule has 1 aliphatic rings. The number of hydrogen-bond donors (Lipinski definition) is 1. The molecular formula is C18H22ClN3O. The van der Waals surface area contributed by atoms with Crippen molar-refractivity contribution in [3.63, 3.8) is 0 Å². The average Bonchev–Trinajstić information content (AvgIpc) is 2.96. The molecule has 0 unspecified atom stereocenters. The van der Waals surface area contributed by atoms with E-state index in [0.29, 0.717) is 16.5 Å². The van der Waals surface area contributed by atoms with Gasteiger partial charge in [-0.25, -0.2) is 4.68 Å². The van der Waals surface area contributed by atoms with Crippen molar-refractivity contribution < 1.29 is 4.79 Å². The molecule has 1 fully saturated rings. The van der Waals surface area contributed by atoms with E-state index in [4.69, 9.17) is 11.6 Å². The van der Waals surface area contributed by atoms with Gasteiger partial charge < -0.3 is 5.32 Å². The van der Waals surface area contributed by atoms with Crippen molar-refractivity contribution in [1.29, 1.82) is 0 Å². The number of amides is 1. The van der Waals surface area contributed by atoms with Crippen LogP contribution in [-0.2, 0) is 0 Å². The molecule has 1 aromatic carbocycles. The number of nitrogens with zero attached hydrogens (tertiary/aromatic N) is 2. The second-order valence-electron chi connectivity index (χ2n) is 6.25. The molecule has 0 radical (unpaired) electrons. The molecule has 3 rings (SSSR count). The maximum atomic E-state index is 12.4. The zero-order valence-electron chi connectivity index (χ0n) is 13.4. The lowest BCUT2D eigenvalue weighted by atomic mass is 9.89. The Kier molecular flexibility index (Phi) is 5.01. The number of halogens is 1. The number of benzene rings is 1. The summed E-state index contributed by atoms with van der Waals surface area (Å²) in [5, 5.41) is 8.10. The normalized spacial score (nSPS) is 15.6. The average molecular weight is 332 g/mol. The Labute approximate surface area is 141 Å². The van der Waals surface area contributed by atoms with E-state index in [2.05, 4.69) is 10.4 Å². The Morgan fingerprint density at radius 2 is 1.96 bits per heavy atom. The first-order chi connectivity index (χ1) is 11.1. The quantitative estimate of drug-likeness (QED) is 0.915. The molecule has 1 amide bonds. The van der Waals surface area contributed by atoms with Gasteiger partial charge in [-0.15, -0.1) is 0 Å². The lowest BCUT2D eigenvalue weighted by Crippen LogP contribution is -2.30. The highest BCUT2D eigenvalue weighted by Crippen LogP contribution is 2.23. The fourth-order valence-corrected chi connectivity index (χ4v) is 3.32. The molecule has 1 aliphatic carbocycles. The molecule has 0 spiro atoms. The Morgan fingerprint density at radius 3 is 2.65 bits per heavy atom. The van der Waals surface area contributed by atoms with Crippen LogP contribution in [0.15, 0.2) is 30.5 Å². The fourth-order valence-electron chi connectivity index (χ4n) is 3.20. The highest BCUT2D eigenvalue weighted by Gasteiger charge is 2.18. The highest BCUT2D eigenvalue weighted by molar-refractivity contribution is 6.30. The minimum atomic E-state index is -0.0340. The smallest absolute Gasteiger partial charge is 0.254 e. The maximum Gasteiger partial charge on any atom is 0.254 e. The van der Waals surface area contributed by atoms with E-state index < -0.39 is 0 Å². The van der Waals surface area contributed by atoms with Gasteiger partial charge in [0.15, 0.2) is 0 Å². The van der Waals surface area contributed by atoms with E-state index in [-0.39, 0.29) is 5.91 Å². The molecule has 1 aromatic heterocycles. The second-order valence-corrected chi connectivity index (χ2v) is 6.68. The van der Waals surface area contributed by atoms with Crippen LogP contribution in [0.25, 0.3) is 5.69 Å². The van der Waals surface area contributed by atoms with Gasteiger partial charge in [-0.1, -0.05) is 30.9 Å². The first-order valence-electron chi connectivity index (χ1n) is 8.24. The number of carbonyl (C=O) groups excluding carboxylic acids is 1. The minimum Gasteiger partial charge on any atom is -0.352 e. The number of carbonyl (C=O) groups is 1. The van der Waals surface area contributed by atoms with Crippen molar-refractivity contribution in [3.05, 3.63) is 46.7 Å². The van der Waals surface area contributed by atoms with Crippen molar-refractivity contribution in [1.82, 2.24) is 15.1 Å². The summed E-state index contributed by atoms with van der Waals surface area (Å²) >= 11 is 5.92. The molecule has 23 heavy (non-hydrogen) atoms. The van der Waals surface area contributed by atoms with E-state index in [1.807, 2.05) is 31.2 Å². The van der Waals surface area contributed by atoms with E-state index in [0.717, 1.165) is 17.9 Å². The first kappa shape index (κ1) is 16.1. The Morgan fingerprint density at radius 1 is 1.26 bits per heavy atom. The Hall–Kier alpha value is -1.81. The molecule has 0 bridgehead atoms. The van der Waals surface area contributed by atoms with E-state index in [1.54, 1.807) is 10.9 Å². The largest absolute Gasteiger partial charge is 0.352 e. The molecule has 1 heterocycles. The summed E-state index contributed by atoms with van der Waals surface area (Å²) in [6, 6.07) is 7.43. The van der Waals surface area contributed by atoms with Crippen LogP contribution in [0.4, 0.5) is 0 Å². The molecule has 0 aliphatic heterocycles. The number of nitrogens with one attached hydrogen (secondary N) is 1. The standard InChI is InChI=1S/C18H22ClN3O/c1-13-17(18(23)20-11-14-5-3-2-4-6-14)12-21-22(13)16-9-7-15(19)8-10-16/h7-10,12,14H,2-6,11H2,1H3,(H,20,23). The zero-order chi connectivity index (χ0) is 16.2. The third-order valence-electron chi connectivity index (χ3n) is 4.60. The summed E-state index contributed by atoms with van der Waals surface area (Å²) in [6.45, 7) is 2.68. The van der Waals surface area contributed by atoms with Gasteiger partial charge in [0.25, 0.3) is 5.91 Å². The molecule has 122 valence electrons. The van der Waals surface area contributed by atoms with Crippen LogP contribution in [-0.4, -0.2) is 22.2 Å². The Balaban J connectivity index is 1.68. The van der Waals surface area contributed by atoms with Crippen LogP contribution in [0.2, 0.25) is 5.02 Å². The summed E-state index contributed by atoms with van der Waals surface area (Å²) in [6.07, 6.45) is 7.99. The third kappa shape index (κ3) is 3.75. The number of aromatic nitrogens is 2. The lowest BCUT2D eigenvalue weighted by Gasteiger charge is -2.21. The van der Waals surface area contributed by atoms with Crippen LogP contribution < -0.4 is 5.32 Å². The summed E-state index contributed by atoms with van der Waals surface area (Å²) < 4.78 is 1.77. The summed E-state index contributed by atoms with van der Waals surface area (Å²) in [5.41, 5.74) is 2.38. The van der Waals surface area contributed by atoms with Crippen molar-refractivity contribution in [2.24, 2.45) is 5.92 Å². The summed E-state index contributed by atoms with van der Waals surface area (Å²) in [5.74, 6) is 0.590. The first-order valence-corrected chi connectivity index (χ1v) is 8.61. The van der Waals surface area contributed by atoms with Gasteiger partial charge in [-0.2, -0.15) is 5.10 Å². The van der Waals surface area contributed by atoms with Crippen molar-refractivity contribution in [2.75, 3.05) is 6.54 Å². The highest BCUT2D eigenvalue weighted by atomic mass is 35.5. The zero-order valence-corrected chi connectivity index (χ0v) is 14.1. The van der Waals surface area contributed by atoms with Crippen LogP contribution in [0.3, 0.4) is 0 Å². The monoisotopic (exact) mass is 331 g/mol. The van der Waals surface area contributed by atoms with Gasteiger partial charge in [0, 0.05) is 11.6 Å². The SMILES string of the molecule is Cc1c(C(=O)NCC2CCCCC2)cnn1-c1ccc(Cl)cc1. The molecule has 5 heteroatoms. The molecule has 0 saturated heterocycles. The van der Waals surface area contributed by atoms with Gasteiger partial charge in [0.1, 0.15) is 0 Å². The number of hydrogen-bond acceptors (Lipinski definition) is 2. The van der Waals surface area contributed by atoms with Crippen molar-refractivity contribution in [3.8, 4) is 5.69 Å². The van der Waals surface area contributed by atoms with Gasteiger partial charge in [0.2, 0.25) is 0 Å². The van der Waals surface area contributed by atoms with Crippen LogP contribution in [0, 0.1) is 12.8 Å². The van der Waals surface area contributed by atoms with Gasteiger partial charge in [-0.3, -0.25) is 4.79 Å². The lowest BCUT2D eigenvalue weighted by molar-refractivity contribution is 0.0943. The van der Waals surface area contributed by atoms with Crippen LogP contribution >= 0.6 is 11.6 Å². The summed E-state index contributed by atoms with van der Waals surface area (Å²) in [7, 11) is 0. The third-order valence-corrected chi connectivity index (χ3v) is 4.85. The molecule has 4 nitrogen and oxygen atoms in total. The Bertz CT molecular complexity index is 672. The van der Waals surface area contributed by atoms with Crippen LogP contribution in [0.1, 0.15) is 48.2 Å². The topological polar surface area (TPSA) is 46.9 Å². The van der Waals surface area contributed by atoms with Gasteiger partial charge in [0.05, 0.1) is 23.1 Å². The number of rotatable bonds is 4.